The van der Waals surface area contributed by atoms with Crippen LogP contribution < -0.4 is 0 Å². The minimum atomic E-state index is -0.450. The lowest BCUT2D eigenvalue weighted by atomic mass is 9.87. The maximum absolute atomic E-state index is 11.4. The second kappa shape index (κ2) is 11.1. The summed E-state index contributed by atoms with van der Waals surface area (Å²) in [5, 5.41) is 10.5. The molecule has 0 fully saturated rings. The number of benzene rings is 3. The number of aromatic nitrogens is 1. The standard InChI is InChI=1S/C35H35N3O4S/c1-7-41-36-20(2)23-8-11-25(12-9-23)38-33-15-10-24(21(3)37-42-22(4)39)16-29(33)30-18-28-27-14-13-26(40-6)17-31(27)35(5,43)32(28)19-34(30)38/h8-13,15-19,27,43H,7,14H2,1-6H3. The fraction of sp³-hybridized carbons (Fsp3) is 0.286. The van der Waals surface area contributed by atoms with Gasteiger partial charge in [0.05, 0.1) is 34.3 Å². The van der Waals surface area contributed by atoms with Gasteiger partial charge in [-0.25, -0.2) is 4.79 Å². The first-order valence-corrected chi connectivity index (χ1v) is 14.9. The van der Waals surface area contributed by atoms with Crippen LogP contribution in [0.1, 0.15) is 69.2 Å². The van der Waals surface area contributed by atoms with E-state index in [2.05, 4.69) is 82.5 Å². The minimum absolute atomic E-state index is 0.238. The highest BCUT2D eigenvalue weighted by atomic mass is 32.1. The SMILES string of the molecule is CCON=C(C)c1ccc(-n2c3ccc(C(C)=NOC(C)=O)cc3c3cc4c(cc32)C(C)(S)C2=CC(OC)=CCC24)cc1. The van der Waals surface area contributed by atoms with E-state index in [9.17, 15) is 4.79 Å². The molecule has 0 saturated carbocycles. The molecule has 1 heterocycles. The van der Waals surface area contributed by atoms with Gasteiger partial charge in [0.15, 0.2) is 0 Å². The van der Waals surface area contributed by atoms with Gasteiger partial charge >= 0.3 is 5.97 Å². The number of carbonyl (C=O) groups excluding carboxylic acids is 1. The Morgan fingerprint density at radius 3 is 2.37 bits per heavy atom. The van der Waals surface area contributed by atoms with Gasteiger partial charge < -0.3 is 19.0 Å². The summed E-state index contributed by atoms with van der Waals surface area (Å²) in [7, 11) is 1.71. The highest BCUT2D eigenvalue weighted by molar-refractivity contribution is 7.81. The molecule has 1 aromatic heterocycles. The molecule has 0 aliphatic heterocycles. The molecule has 0 amide bonds. The number of allylic oxidation sites excluding steroid dienone is 2. The predicted octanol–water partition coefficient (Wildman–Crippen LogP) is 7.93. The fourth-order valence-corrected chi connectivity index (χ4v) is 6.71. The molecule has 0 spiro atoms. The first-order chi connectivity index (χ1) is 20.6. The van der Waals surface area contributed by atoms with Crippen molar-refractivity contribution in [3.63, 3.8) is 0 Å². The summed E-state index contributed by atoms with van der Waals surface area (Å²) in [6.45, 7) is 9.76. The molecule has 2 aliphatic carbocycles. The van der Waals surface area contributed by atoms with Crippen molar-refractivity contribution in [2.24, 2.45) is 10.3 Å². The molecular formula is C35H35N3O4S. The molecule has 7 nitrogen and oxygen atoms in total. The monoisotopic (exact) mass is 593 g/mol. The lowest BCUT2D eigenvalue weighted by Gasteiger charge is -2.25. The molecule has 0 radical (unpaired) electrons. The third kappa shape index (κ3) is 4.93. The number of methoxy groups -OCH3 is 1. The van der Waals surface area contributed by atoms with Crippen LogP contribution in [0.5, 0.6) is 0 Å². The number of nitrogens with zero attached hydrogens (tertiary/aromatic N) is 3. The molecule has 6 rings (SSSR count). The van der Waals surface area contributed by atoms with Crippen molar-refractivity contribution in [2.75, 3.05) is 13.7 Å². The molecule has 0 bridgehead atoms. The highest BCUT2D eigenvalue weighted by Crippen LogP contribution is 2.57. The smallest absolute Gasteiger partial charge is 0.331 e. The molecule has 2 atom stereocenters. The first-order valence-electron chi connectivity index (χ1n) is 14.4. The van der Waals surface area contributed by atoms with Gasteiger partial charge in [0.2, 0.25) is 0 Å². The van der Waals surface area contributed by atoms with Gasteiger partial charge in [-0.1, -0.05) is 28.5 Å². The molecule has 8 heteroatoms. The number of ether oxygens (including phenoxy) is 1. The summed E-state index contributed by atoms with van der Waals surface area (Å²) in [6.07, 6.45) is 5.17. The van der Waals surface area contributed by atoms with E-state index in [0.717, 1.165) is 56.5 Å². The Morgan fingerprint density at radius 1 is 0.977 bits per heavy atom. The van der Waals surface area contributed by atoms with Crippen LogP contribution in [-0.4, -0.2) is 35.7 Å². The van der Waals surface area contributed by atoms with Crippen molar-refractivity contribution in [3.05, 3.63) is 100 Å². The Bertz CT molecular complexity index is 1890. The number of carbonyl (C=O) groups is 1. The maximum Gasteiger partial charge on any atom is 0.331 e. The van der Waals surface area contributed by atoms with Crippen LogP contribution >= 0.6 is 12.6 Å². The minimum Gasteiger partial charge on any atom is -0.497 e. The molecule has 3 aromatic carbocycles. The Labute approximate surface area is 256 Å². The topological polar surface area (TPSA) is 74.4 Å². The molecule has 0 N–H and O–H groups in total. The number of thiol groups is 1. The van der Waals surface area contributed by atoms with Gasteiger partial charge in [-0.05, 0) is 110 Å². The molecule has 220 valence electrons. The number of hydrogen-bond donors (Lipinski definition) is 1. The van der Waals surface area contributed by atoms with Gasteiger partial charge in [-0.3, -0.25) is 0 Å². The maximum atomic E-state index is 11.4. The summed E-state index contributed by atoms with van der Waals surface area (Å²) < 4.78 is 7.45. The molecule has 43 heavy (non-hydrogen) atoms. The average Bonchev–Trinajstić information content (AvgIpc) is 3.45. The summed E-state index contributed by atoms with van der Waals surface area (Å²) in [5.41, 5.74) is 10.3. The van der Waals surface area contributed by atoms with Crippen molar-refractivity contribution in [3.8, 4) is 5.69 Å². The summed E-state index contributed by atoms with van der Waals surface area (Å²) in [6, 6.07) is 19.3. The average molecular weight is 594 g/mol. The molecule has 0 saturated heterocycles. The summed E-state index contributed by atoms with van der Waals surface area (Å²) in [5.74, 6) is 0.672. The van der Waals surface area contributed by atoms with Crippen LogP contribution in [-0.2, 0) is 24.0 Å². The molecular weight excluding hydrogens is 558 g/mol. The normalized spacial score (nSPS) is 20.0. The van der Waals surface area contributed by atoms with Crippen molar-refractivity contribution in [2.45, 2.75) is 51.7 Å². The zero-order chi connectivity index (χ0) is 30.5. The largest absolute Gasteiger partial charge is 0.497 e. The van der Waals surface area contributed by atoms with Crippen LogP contribution in [0.4, 0.5) is 0 Å². The van der Waals surface area contributed by atoms with E-state index < -0.39 is 10.7 Å². The van der Waals surface area contributed by atoms with E-state index in [0.29, 0.717) is 12.3 Å². The quantitative estimate of drug-likeness (QED) is 0.102. The number of oxime groups is 2. The lowest BCUT2D eigenvalue weighted by Crippen LogP contribution is -2.15. The van der Waals surface area contributed by atoms with Gasteiger partial charge in [-0.15, -0.1) is 0 Å². The van der Waals surface area contributed by atoms with Crippen molar-refractivity contribution in [1.29, 1.82) is 0 Å². The highest BCUT2D eigenvalue weighted by Gasteiger charge is 2.44. The fourth-order valence-electron chi connectivity index (χ4n) is 6.29. The lowest BCUT2D eigenvalue weighted by molar-refractivity contribution is -0.140. The van der Waals surface area contributed by atoms with Crippen molar-refractivity contribution < 1.29 is 19.2 Å². The van der Waals surface area contributed by atoms with Crippen molar-refractivity contribution in [1.82, 2.24) is 4.57 Å². The Morgan fingerprint density at radius 2 is 1.67 bits per heavy atom. The number of rotatable bonds is 7. The predicted molar refractivity (Wildman–Crippen MR) is 175 cm³/mol. The van der Waals surface area contributed by atoms with Gasteiger partial charge in [0, 0.05) is 29.3 Å². The van der Waals surface area contributed by atoms with Gasteiger partial charge in [-0.2, -0.15) is 12.6 Å². The second-order valence-corrected chi connectivity index (χ2v) is 12.1. The van der Waals surface area contributed by atoms with Crippen molar-refractivity contribution >= 4 is 51.8 Å². The first kappa shape index (κ1) is 28.8. The van der Waals surface area contributed by atoms with E-state index in [1.54, 1.807) is 7.11 Å². The van der Waals surface area contributed by atoms with Crippen LogP contribution in [0.25, 0.3) is 27.5 Å². The van der Waals surface area contributed by atoms with Crippen LogP contribution in [0.2, 0.25) is 0 Å². The molecule has 2 unspecified atom stereocenters. The molecule has 4 aromatic rings. The van der Waals surface area contributed by atoms with Crippen LogP contribution in [0.3, 0.4) is 0 Å². The Balaban J connectivity index is 1.58. The van der Waals surface area contributed by atoms with Gasteiger partial charge in [0.25, 0.3) is 0 Å². The van der Waals surface area contributed by atoms with Crippen LogP contribution in [0, 0.1) is 0 Å². The van der Waals surface area contributed by atoms with E-state index >= 15 is 0 Å². The second-order valence-electron chi connectivity index (χ2n) is 11.2. The third-order valence-corrected chi connectivity index (χ3v) is 8.96. The number of fused-ring (bicyclic) bond motifs is 6. The van der Waals surface area contributed by atoms with E-state index in [1.807, 2.05) is 26.8 Å². The summed E-state index contributed by atoms with van der Waals surface area (Å²) in [4.78, 5) is 21.6. The van der Waals surface area contributed by atoms with Gasteiger partial charge in [0.1, 0.15) is 12.4 Å². The zero-order valence-electron chi connectivity index (χ0n) is 25.3. The van der Waals surface area contributed by atoms with E-state index in [4.69, 9.17) is 27.0 Å². The number of hydrogen-bond acceptors (Lipinski definition) is 7. The third-order valence-electron chi connectivity index (χ3n) is 8.46. The summed E-state index contributed by atoms with van der Waals surface area (Å²) >= 11 is 5.24. The zero-order valence-corrected chi connectivity index (χ0v) is 26.2. The van der Waals surface area contributed by atoms with E-state index in [1.165, 1.54) is 23.6 Å². The van der Waals surface area contributed by atoms with Crippen LogP contribution in [0.15, 0.2) is 88.4 Å². The Kier molecular flexibility index (Phi) is 7.42. The Hall–Kier alpha value is -4.30. The van der Waals surface area contributed by atoms with E-state index in [-0.39, 0.29) is 5.92 Å². The molecule has 2 aliphatic rings.